The molecule has 2 aromatic heterocycles. The molecule has 124 valence electrons. The zero-order valence-corrected chi connectivity index (χ0v) is 15.2. The summed E-state index contributed by atoms with van der Waals surface area (Å²) in [5.74, 6) is -0.437. The number of aromatic nitrogens is 1. The van der Waals surface area contributed by atoms with Crippen LogP contribution in [0.15, 0.2) is 41.8 Å². The molecule has 0 saturated heterocycles. The summed E-state index contributed by atoms with van der Waals surface area (Å²) < 4.78 is 14.0. The first-order valence-electron chi connectivity index (χ1n) is 7.52. The molecule has 3 rings (SSSR count). The predicted molar refractivity (Wildman–Crippen MR) is 97.1 cm³/mol. The third-order valence-corrected chi connectivity index (χ3v) is 6.16. The number of carbonyl (C=O) groups is 1. The molecule has 1 atom stereocenters. The largest absolute Gasteiger partial charge is 0.334 e. The van der Waals surface area contributed by atoms with E-state index < -0.39 is 0 Å². The van der Waals surface area contributed by atoms with Gasteiger partial charge in [-0.05, 0) is 31.4 Å². The summed E-state index contributed by atoms with van der Waals surface area (Å²) in [6.07, 6.45) is 0. The van der Waals surface area contributed by atoms with Crippen molar-refractivity contribution in [3.63, 3.8) is 0 Å². The van der Waals surface area contributed by atoms with Gasteiger partial charge in [-0.3, -0.25) is 4.79 Å². The molecule has 3 nitrogen and oxygen atoms in total. The Kier molecular flexibility index (Phi) is 4.78. The van der Waals surface area contributed by atoms with Crippen molar-refractivity contribution in [2.75, 3.05) is 7.05 Å². The van der Waals surface area contributed by atoms with E-state index in [9.17, 15) is 9.18 Å². The third kappa shape index (κ3) is 3.12. The van der Waals surface area contributed by atoms with Gasteiger partial charge < -0.3 is 4.90 Å². The quantitative estimate of drug-likeness (QED) is 0.644. The Balaban J connectivity index is 1.87. The zero-order chi connectivity index (χ0) is 17.3. The standard InChI is InChI=1S/C18H17FN2OS2/c1-11-16(24-17(20-11)15-9-6-10-23-15)18(22)21(3)12(2)13-7-4-5-8-14(13)19/h4-10,12H,1-3H3. The van der Waals surface area contributed by atoms with E-state index in [4.69, 9.17) is 0 Å². The van der Waals surface area contributed by atoms with Crippen molar-refractivity contribution in [1.82, 2.24) is 9.88 Å². The second-order valence-corrected chi connectivity index (χ2v) is 7.47. The van der Waals surface area contributed by atoms with E-state index >= 15 is 0 Å². The molecular weight excluding hydrogens is 343 g/mol. The molecule has 24 heavy (non-hydrogen) atoms. The van der Waals surface area contributed by atoms with Crippen LogP contribution in [0.3, 0.4) is 0 Å². The molecule has 0 aliphatic rings. The van der Waals surface area contributed by atoms with Gasteiger partial charge in [-0.15, -0.1) is 22.7 Å². The van der Waals surface area contributed by atoms with Crippen molar-refractivity contribution >= 4 is 28.6 Å². The SMILES string of the molecule is Cc1nc(-c2cccs2)sc1C(=O)N(C)C(C)c1ccccc1F. The van der Waals surface area contributed by atoms with E-state index in [2.05, 4.69) is 4.98 Å². The van der Waals surface area contributed by atoms with Crippen LogP contribution in [-0.2, 0) is 0 Å². The fourth-order valence-electron chi connectivity index (χ4n) is 2.46. The van der Waals surface area contributed by atoms with E-state index in [0.29, 0.717) is 16.1 Å². The van der Waals surface area contributed by atoms with Crippen molar-refractivity contribution in [3.05, 3.63) is 63.7 Å². The number of aryl methyl sites for hydroxylation is 1. The second kappa shape index (κ2) is 6.83. The van der Waals surface area contributed by atoms with E-state index in [1.807, 2.05) is 31.4 Å². The normalized spacial score (nSPS) is 12.2. The Morgan fingerprint density at radius 3 is 2.67 bits per heavy atom. The fourth-order valence-corrected chi connectivity index (χ4v) is 4.30. The lowest BCUT2D eigenvalue weighted by Gasteiger charge is -2.25. The van der Waals surface area contributed by atoms with Gasteiger partial charge in [0.2, 0.25) is 0 Å². The number of hydrogen-bond donors (Lipinski definition) is 0. The van der Waals surface area contributed by atoms with Gasteiger partial charge in [-0.25, -0.2) is 9.37 Å². The summed E-state index contributed by atoms with van der Waals surface area (Å²) in [5.41, 5.74) is 1.22. The minimum Gasteiger partial charge on any atom is -0.334 e. The van der Waals surface area contributed by atoms with Crippen LogP contribution < -0.4 is 0 Å². The molecule has 0 bridgehead atoms. The average molecular weight is 360 g/mol. The molecular formula is C18H17FN2OS2. The zero-order valence-electron chi connectivity index (χ0n) is 13.6. The predicted octanol–water partition coefficient (Wildman–Crippen LogP) is 5.15. The number of thiophene rings is 1. The smallest absolute Gasteiger partial charge is 0.266 e. The topological polar surface area (TPSA) is 33.2 Å². The molecule has 1 aromatic carbocycles. The molecule has 3 aromatic rings. The van der Waals surface area contributed by atoms with Gasteiger partial charge in [0.15, 0.2) is 0 Å². The Hall–Kier alpha value is -2.05. The first kappa shape index (κ1) is 16.8. The first-order chi connectivity index (χ1) is 11.5. The van der Waals surface area contributed by atoms with Crippen LogP contribution in [0.25, 0.3) is 9.88 Å². The van der Waals surface area contributed by atoms with Gasteiger partial charge in [0.25, 0.3) is 5.91 Å². The number of rotatable bonds is 4. The highest BCUT2D eigenvalue weighted by atomic mass is 32.1. The monoisotopic (exact) mass is 360 g/mol. The van der Waals surface area contributed by atoms with Crippen LogP contribution in [0.2, 0.25) is 0 Å². The molecule has 0 fully saturated rings. The van der Waals surface area contributed by atoms with Gasteiger partial charge in [-0.2, -0.15) is 0 Å². The number of halogens is 1. The van der Waals surface area contributed by atoms with Gasteiger partial charge in [0, 0.05) is 12.6 Å². The second-order valence-electron chi connectivity index (χ2n) is 5.52. The average Bonchev–Trinajstić information content (AvgIpc) is 3.22. The number of nitrogens with zero attached hydrogens (tertiary/aromatic N) is 2. The van der Waals surface area contributed by atoms with Crippen molar-refractivity contribution in [3.8, 4) is 9.88 Å². The Morgan fingerprint density at radius 2 is 2.00 bits per heavy atom. The summed E-state index contributed by atoms with van der Waals surface area (Å²) >= 11 is 2.98. The number of amides is 1. The maximum absolute atomic E-state index is 14.0. The highest BCUT2D eigenvalue weighted by Crippen LogP contribution is 2.33. The van der Waals surface area contributed by atoms with Gasteiger partial charge in [0.1, 0.15) is 15.7 Å². The van der Waals surface area contributed by atoms with Crippen LogP contribution in [0.4, 0.5) is 4.39 Å². The van der Waals surface area contributed by atoms with E-state index in [1.165, 1.54) is 17.4 Å². The highest BCUT2D eigenvalue weighted by Gasteiger charge is 2.25. The van der Waals surface area contributed by atoms with E-state index in [-0.39, 0.29) is 17.8 Å². The summed E-state index contributed by atoms with van der Waals surface area (Å²) in [6.45, 7) is 3.66. The molecule has 0 aliphatic heterocycles. The van der Waals surface area contributed by atoms with Crippen molar-refractivity contribution in [2.24, 2.45) is 0 Å². The fraction of sp³-hybridized carbons (Fsp3) is 0.222. The lowest BCUT2D eigenvalue weighted by Crippen LogP contribution is -2.30. The van der Waals surface area contributed by atoms with Gasteiger partial charge >= 0.3 is 0 Å². The maximum atomic E-state index is 14.0. The van der Waals surface area contributed by atoms with E-state index in [1.54, 1.807) is 41.5 Å². The molecule has 1 unspecified atom stereocenters. The van der Waals surface area contributed by atoms with Crippen molar-refractivity contribution in [2.45, 2.75) is 19.9 Å². The Bertz CT molecular complexity index is 858. The number of carbonyl (C=O) groups excluding carboxylic acids is 1. The molecule has 0 spiro atoms. The molecule has 0 aliphatic carbocycles. The molecule has 1 amide bonds. The Labute approximate surface area is 148 Å². The molecule has 2 heterocycles. The lowest BCUT2D eigenvalue weighted by atomic mass is 10.1. The summed E-state index contributed by atoms with van der Waals surface area (Å²) in [6, 6.07) is 10.1. The number of hydrogen-bond acceptors (Lipinski definition) is 4. The number of thiazole rings is 1. The van der Waals surface area contributed by atoms with Crippen LogP contribution >= 0.6 is 22.7 Å². The van der Waals surface area contributed by atoms with E-state index in [0.717, 1.165) is 9.88 Å². The molecule has 6 heteroatoms. The molecule has 0 N–H and O–H groups in total. The summed E-state index contributed by atoms with van der Waals surface area (Å²) in [7, 11) is 1.70. The summed E-state index contributed by atoms with van der Waals surface area (Å²) in [5, 5.41) is 2.83. The minimum atomic E-state index is -0.356. The first-order valence-corrected chi connectivity index (χ1v) is 9.21. The van der Waals surface area contributed by atoms with Crippen molar-refractivity contribution in [1.29, 1.82) is 0 Å². The molecule has 0 radical (unpaired) electrons. The summed E-state index contributed by atoms with van der Waals surface area (Å²) in [4.78, 5) is 20.6. The van der Waals surface area contributed by atoms with Gasteiger partial charge in [0.05, 0.1) is 16.6 Å². The maximum Gasteiger partial charge on any atom is 0.266 e. The third-order valence-electron chi connectivity index (χ3n) is 3.98. The lowest BCUT2D eigenvalue weighted by molar-refractivity contribution is 0.0744. The van der Waals surface area contributed by atoms with Crippen LogP contribution in [0.5, 0.6) is 0 Å². The number of benzene rings is 1. The van der Waals surface area contributed by atoms with Crippen molar-refractivity contribution < 1.29 is 9.18 Å². The van der Waals surface area contributed by atoms with Crippen LogP contribution in [0, 0.1) is 12.7 Å². The Morgan fingerprint density at radius 1 is 1.25 bits per heavy atom. The van der Waals surface area contributed by atoms with Gasteiger partial charge in [-0.1, -0.05) is 24.3 Å². The highest BCUT2D eigenvalue weighted by molar-refractivity contribution is 7.22. The molecule has 0 saturated carbocycles. The van der Waals surface area contributed by atoms with Crippen LogP contribution in [0.1, 0.15) is 33.9 Å². The van der Waals surface area contributed by atoms with Crippen LogP contribution in [-0.4, -0.2) is 22.8 Å². The minimum absolute atomic E-state index is 0.136.